The fraction of sp³-hybridized carbons (Fsp3) is 0.455. The van der Waals surface area contributed by atoms with E-state index in [9.17, 15) is 8.60 Å². The summed E-state index contributed by atoms with van der Waals surface area (Å²) in [5.74, 6) is -0.0400. The lowest BCUT2D eigenvalue weighted by molar-refractivity contribution is 0.626. The van der Waals surface area contributed by atoms with Gasteiger partial charge in [-0.1, -0.05) is 0 Å². The third-order valence-corrected chi connectivity index (χ3v) is 3.92. The van der Waals surface area contributed by atoms with E-state index in [1.807, 2.05) is 20.8 Å². The van der Waals surface area contributed by atoms with Gasteiger partial charge in [0.1, 0.15) is 5.82 Å². The van der Waals surface area contributed by atoms with Crippen LogP contribution in [0.15, 0.2) is 18.2 Å². The minimum Gasteiger partial charge on any atom is -0.399 e. The lowest BCUT2D eigenvalue weighted by Gasteiger charge is -2.17. The summed E-state index contributed by atoms with van der Waals surface area (Å²) >= 11 is 0. The summed E-state index contributed by atoms with van der Waals surface area (Å²) in [6, 6.07) is 4.29. The Hall–Kier alpha value is -0.900. The molecule has 1 atom stereocenters. The Morgan fingerprint density at radius 1 is 1.33 bits per heavy atom. The van der Waals surface area contributed by atoms with Crippen molar-refractivity contribution >= 4 is 16.5 Å². The fourth-order valence-corrected chi connectivity index (χ4v) is 2.03. The van der Waals surface area contributed by atoms with Crippen LogP contribution in [-0.4, -0.2) is 8.96 Å². The number of hydrogen-bond acceptors (Lipinski definition) is 2. The lowest BCUT2D eigenvalue weighted by atomic mass is 10.2. The zero-order valence-electron chi connectivity index (χ0n) is 9.21. The molecule has 15 heavy (non-hydrogen) atoms. The first-order valence-corrected chi connectivity index (χ1v) is 6.04. The number of nitrogen functional groups attached to an aromatic ring is 1. The number of hydrogen-bond donors (Lipinski definition) is 1. The highest BCUT2D eigenvalue weighted by molar-refractivity contribution is 7.85. The molecule has 0 aliphatic heterocycles. The van der Waals surface area contributed by atoms with Gasteiger partial charge in [-0.15, -0.1) is 0 Å². The Morgan fingerprint density at radius 2 is 1.93 bits per heavy atom. The summed E-state index contributed by atoms with van der Waals surface area (Å²) in [6.45, 7) is 5.68. The molecule has 0 saturated heterocycles. The summed E-state index contributed by atoms with van der Waals surface area (Å²) in [6.07, 6.45) is 0. The van der Waals surface area contributed by atoms with Crippen LogP contribution >= 0.6 is 0 Å². The highest BCUT2D eigenvalue weighted by Crippen LogP contribution is 2.18. The maximum Gasteiger partial charge on any atom is 0.125 e. The van der Waals surface area contributed by atoms with Crippen molar-refractivity contribution < 1.29 is 8.60 Å². The van der Waals surface area contributed by atoms with Gasteiger partial charge in [0.15, 0.2) is 0 Å². The van der Waals surface area contributed by atoms with Crippen molar-refractivity contribution in [2.24, 2.45) is 0 Å². The van der Waals surface area contributed by atoms with Gasteiger partial charge in [0.05, 0.1) is 0 Å². The molecule has 0 bridgehead atoms. The van der Waals surface area contributed by atoms with Crippen molar-refractivity contribution in [1.29, 1.82) is 0 Å². The van der Waals surface area contributed by atoms with Crippen LogP contribution in [0.4, 0.5) is 10.1 Å². The van der Waals surface area contributed by atoms with Gasteiger partial charge in [-0.2, -0.15) is 0 Å². The van der Waals surface area contributed by atoms with Crippen LogP contribution < -0.4 is 5.73 Å². The van der Waals surface area contributed by atoms with Crippen LogP contribution in [-0.2, 0) is 16.6 Å². The molecule has 0 spiro atoms. The molecule has 0 radical (unpaired) electrons. The molecule has 0 fully saturated rings. The summed E-state index contributed by atoms with van der Waals surface area (Å²) in [7, 11) is -1.03. The number of rotatable bonds is 2. The maximum atomic E-state index is 13.0. The third-order valence-electron chi connectivity index (χ3n) is 1.96. The molecule has 0 aliphatic carbocycles. The molecular weight excluding hydrogens is 213 g/mol. The SMILES string of the molecule is CC(C)(C)S(=O)Cc1cc(N)cc(F)c1. The van der Waals surface area contributed by atoms with Crippen molar-refractivity contribution in [2.45, 2.75) is 31.3 Å². The van der Waals surface area contributed by atoms with Crippen molar-refractivity contribution in [3.63, 3.8) is 0 Å². The Labute approximate surface area is 92.1 Å². The van der Waals surface area contributed by atoms with E-state index in [4.69, 9.17) is 5.73 Å². The molecule has 0 amide bonds. The van der Waals surface area contributed by atoms with Crippen molar-refractivity contribution in [1.82, 2.24) is 0 Å². The summed E-state index contributed by atoms with van der Waals surface area (Å²) in [5.41, 5.74) is 6.56. The van der Waals surface area contributed by atoms with Crippen LogP contribution in [0.1, 0.15) is 26.3 Å². The summed E-state index contributed by atoms with van der Waals surface area (Å²) < 4.78 is 24.5. The molecule has 0 aromatic heterocycles. The second-order valence-electron chi connectivity index (χ2n) is 4.50. The molecule has 0 saturated carbocycles. The first kappa shape index (κ1) is 12.2. The largest absolute Gasteiger partial charge is 0.399 e. The van der Waals surface area contributed by atoms with Gasteiger partial charge in [0.25, 0.3) is 0 Å². The van der Waals surface area contributed by atoms with E-state index in [0.29, 0.717) is 17.0 Å². The van der Waals surface area contributed by atoms with Crippen molar-refractivity contribution in [2.75, 3.05) is 5.73 Å². The molecule has 4 heteroatoms. The minimum atomic E-state index is -1.03. The van der Waals surface area contributed by atoms with Crippen molar-refractivity contribution in [3.8, 4) is 0 Å². The molecule has 84 valence electrons. The van der Waals surface area contributed by atoms with E-state index < -0.39 is 10.8 Å². The van der Waals surface area contributed by atoms with E-state index in [1.165, 1.54) is 12.1 Å². The molecule has 2 N–H and O–H groups in total. The van der Waals surface area contributed by atoms with Crippen LogP contribution in [0, 0.1) is 5.82 Å². The Morgan fingerprint density at radius 3 is 2.40 bits per heavy atom. The molecule has 0 heterocycles. The molecule has 1 rings (SSSR count). The van der Waals surface area contributed by atoms with Crippen molar-refractivity contribution in [3.05, 3.63) is 29.6 Å². The van der Waals surface area contributed by atoms with E-state index >= 15 is 0 Å². The van der Waals surface area contributed by atoms with Gasteiger partial charge in [0.2, 0.25) is 0 Å². The standard InChI is InChI=1S/C11H16FNOS/c1-11(2,3)15(14)7-8-4-9(12)6-10(13)5-8/h4-6H,7,13H2,1-3H3. The monoisotopic (exact) mass is 229 g/mol. The average molecular weight is 229 g/mol. The summed E-state index contributed by atoms with van der Waals surface area (Å²) in [4.78, 5) is 0. The Balaban J connectivity index is 2.86. The highest BCUT2D eigenvalue weighted by Gasteiger charge is 2.19. The van der Waals surface area contributed by atoms with E-state index in [2.05, 4.69) is 0 Å². The Bertz CT molecular complexity index is 364. The predicted octanol–water partition coefficient (Wildman–Crippen LogP) is 2.46. The average Bonchev–Trinajstić information content (AvgIpc) is 1.99. The topological polar surface area (TPSA) is 43.1 Å². The van der Waals surface area contributed by atoms with Gasteiger partial charge < -0.3 is 5.73 Å². The molecular formula is C11H16FNOS. The minimum absolute atomic E-state index is 0.291. The fourth-order valence-electron chi connectivity index (χ4n) is 1.13. The first-order chi connectivity index (χ1) is 6.79. The third kappa shape index (κ3) is 3.63. The number of benzene rings is 1. The van der Waals surface area contributed by atoms with E-state index in [1.54, 1.807) is 6.07 Å². The van der Waals surface area contributed by atoms with Crippen LogP contribution in [0.5, 0.6) is 0 Å². The van der Waals surface area contributed by atoms with Crippen LogP contribution in [0.3, 0.4) is 0 Å². The van der Waals surface area contributed by atoms with Gasteiger partial charge >= 0.3 is 0 Å². The molecule has 0 aliphatic rings. The summed E-state index contributed by atoms with van der Waals surface area (Å²) in [5, 5.41) is 0. The normalized spacial score (nSPS) is 13.9. The highest BCUT2D eigenvalue weighted by atomic mass is 32.2. The Kier molecular flexibility index (Phi) is 3.50. The second kappa shape index (κ2) is 4.31. The molecule has 1 aromatic carbocycles. The number of nitrogens with two attached hydrogens (primary N) is 1. The zero-order chi connectivity index (χ0) is 11.6. The van der Waals surface area contributed by atoms with Gasteiger partial charge in [-0.05, 0) is 44.5 Å². The first-order valence-electron chi connectivity index (χ1n) is 4.72. The van der Waals surface area contributed by atoms with E-state index in [0.717, 1.165) is 0 Å². The van der Waals surface area contributed by atoms with Crippen LogP contribution in [0.2, 0.25) is 0 Å². The zero-order valence-corrected chi connectivity index (χ0v) is 10.0. The smallest absolute Gasteiger partial charge is 0.125 e. The predicted molar refractivity (Wildman–Crippen MR) is 62.4 cm³/mol. The van der Waals surface area contributed by atoms with Crippen LogP contribution in [0.25, 0.3) is 0 Å². The quantitative estimate of drug-likeness (QED) is 0.792. The maximum absolute atomic E-state index is 13.0. The number of halogens is 1. The molecule has 1 unspecified atom stereocenters. The number of anilines is 1. The molecule has 1 aromatic rings. The second-order valence-corrected chi connectivity index (χ2v) is 6.70. The molecule has 2 nitrogen and oxygen atoms in total. The van der Waals surface area contributed by atoms with Gasteiger partial charge in [0, 0.05) is 27.0 Å². The van der Waals surface area contributed by atoms with Gasteiger partial charge in [-0.3, -0.25) is 4.21 Å². The lowest BCUT2D eigenvalue weighted by Crippen LogP contribution is -2.23. The van der Waals surface area contributed by atoms with E-state index in [-0.39, 0.29) is 10.6 Å². The van der Waals surface area contributed by atoms with Gasteiger partial charge in [-0.25, -0.2) is 4.39 Å².